The Kier molecular flexibility index (Phi) is 4.75. The van der Waals surface area contributed by atoms with Gasteiger partial charge >= 0.3 is 0 Å². The maximum atomic E-state index is 4.56. The zero-order valence-corrected chi connectivity index (χ0v) is 10.2. The van der Waals surface area contributed by atoms with Gasteiger partial charge in [-0.15, -0.1) is 0 Å². The molecule has 0 spiro atoms. The van der Waals surface area contributed by atoms with E-state index in [1.54, 1.807) is 0 Å². The molecular formula is C11H22N4. The van der Waals surface area contributed by atoms with Crippen LogP contribution >= 0.6 is 0 Å². The second-order valence-electron chi connectivity index (χ2n) is 3.97. The molecule has 1 N–H and O–H groups in total. The lowest BCUT2D eigenvalue weighted by Crippen LogP contribution is -2.21. The number of nitrogens with one attached hydrogen (secondary N) is 1. The molecule has 0 fully saturated rings. The summed E-state index contributed by atoms with van der Waals surface area (Å²) in [6.07, 6.45) is 2.08. The van der Waals surface area contributed by atoms with E-state index in [0.29, 0.717) is 5.92 Å². The fraction of sp³-hybridized carbons (Fsp3) is 0.818. The summed E-state index contributed by atoms with van der Waals surface area (Å²) < 4.78 is 1.91. The van der Waals surface area contributed by atoms with E-state index in [4.69, 9.17) is 0 Å². The Morgan fingerprint density at radius 1 is 1.40 bits per heavy atom. The lowest BCUT2D eigenvalue weighted by atomic mass is 10.1. The Bertz CT molecular complexity index is 293. The molecule has 0 aliphatic heterocycles. The second kappa shape index (κ2) is 5.85. The number of hydrogen-bond donors (Lipinski definition) is 1. The number of nitrogens with zero attached hydrogens (tertiary/aromatic N) is 3. The standard InChI is InChI=1S/C11H22N4/c1-5-7-10-13-11(15(4)14-10)9(3)8-12-6-2/h9,12H,5-8H2,1-4H3. The van der Waals surface area contributed by atoms with Gasteiger partial charge in [-0.05, 0) is 13.0 Å². The van der Waals surface area contributed by atoms with Crippen LogP contribution in [0.5, 0.6) is 0 Å². The van der Waals surface area contributed by atoms with Crippen molar-refractivity contribution in [2.24, 2.45) is 7.05 Å². The molecule has 0 aliphatic rings. The molecule has 1 unspecified atom stereocenters. The second-order valence-corrected chi connectivity index (χ2v) is 3.97. The average Bonchev–Trinajstić information content (AvgIpc) is 2.57. The third-order valence-electron chi connectivity index (χ3n) is 2.46. The molecule has 1 heterocycles. The number of aromatic nitrogens is 3. The zero-order chi connectivity index (χ0) is 11.3. The van der Waals surface area contributed by atoms with Crippen molar-refractivity contribution in [3.8, 4) is 0 Å². The molecule has 1 rings (SSSR count). The van der Waals surface area contributed by atoms with Crippen LogP contribution < -0.4 is 5.32 Å². The molecule has 4 nitrogen and oxygen atoms in total. The Balaban J connectivity index is 2.66. The van der Waals surface area contributed by atoms with E-state index in [2.05, 4.69) is 36.2 Å². The summed E-state index contributed by atoms with van der Waals surface area (Å²) in [5.74, 6) is 2.48. The van der Waals surface area contributed by atoms with E-state index in [9.17, 15) is 0 Å². The summed E-state index contributed by atoms with van der Waals surface area (Å²) in [6.45, 7) is 8.42. The van der Waals surface area contributed by atoms with Crippen molar-refractivity contribution < 1.29 is 0 Å². The minimum Gasteiger partial charge on any atom is -0.316 e. The molecule has 0 aromatic carbocycles. The zero-order valence-electron chi connectivity index (χ0n) is 10.2. The van der Waals surface area contributed by atoms with Crippen molar-refractivity contribution >= 4 is 0 Å². The Morgan fingerprint density at radius 2 is 2.13 bits per heavy atom. The summed E-state index contributed by atoms with van der Waals surface area (Å²) in [7, 11) is 1.98. The van der Waals surface area contributed by atoms with Crippen LogP contribution in [0.25, 0.3) is 0 Å². The lowest BCUT2D eigenvalue weighted by Gasteiger charge is -2.09. The third-order valence-corrected chi connectivity index (χ3v) is 2.46. The first-order valence-corrected chi connectivity index (χ1v) is 5.79. The van der Waals surface area contributed by atoms with Gasteiger partial charge in [0.05, 0.1) is 0 Å². The highest BCUT2D eigenvalue weighted by atomic mass is 15.3. The summed E-state index contributed by atoms with van der Waals surface area (Å²) in [4.78, 5) is 4.56. The van der Waals surface area contributed by atoms with E-state index in [1.807, 2.05) is 11.7 Å². The SMILES string of the molecule is CCCc1nc(C(C)CNCC)n(C)n1. The largest absolute Gasteiger partial charge is 0.316 e. The average molecular weight is 210 g/mol. The molecule has 0 aliphatic carbocycles. The van der Waals surface area contributed by atoms with Crippen molar-refractivity contribution in [3.63, 3.8) is 0 Å². The van der Waals surface area contributed by atoms with Crippen molar-refractivity contribution in [2.45, 2.75) is 39.5 Å². The molecule has 0 saturated carbocycles. The van der Waals surface area contributed by atoms with Gasteiger partial charge in [-0.2, -0.15) is 5.10 Å². The molecule has 86 valence electrons. The molecule has 1 atom stereocenters. The van der Waals surface area contributed by atoms with Gasteiger partial charge in [-0.25, -0.2) is 4.98 Å². The molecule has 0 radical (unpaired) electrons. The van der Waals surface area contributed by atoms with Crippen LogP contribution in [-0.4, -0.2) is 27.9 Å². The first-order valence-electron chi connectivity index (χ1n) is 5.79. The maximum absolute atomic E-state index is 4.56. The predicted octanol–water partition coefficient (Wildman–Crippen LogP) is 1.48. The molecule has 1 aromatic heterocycles. The van der Waals surface area contributed by atoms with E-state index in [1.165, 1.54) is 0 Å². The molecule has 15 heavy (non-hydrogen) atoms. The Hall–Kier alpha value is -0.900. The quantitative estimate of drug-likeness (QED) is 0.773. The summed E-state index contributed by atoms with van der Waals surface area (Å²) >= 11 is 0. The van der Waals surface area contributed by atoms with Crippen LogP contribution in [0.15, 0.2) is 0 Å². The van der Waals surface area contributed by atoms with Gasteiger partial charge in [0.1, 0.15) is 5.82 Å². The number of aryl methyl sites for hydroxylation is 2. The highest BCUT2D eigenvalue weighted by Crippen LogP contribution is 2.11. The van der Waals surface area contributed by atoms with E-state index >= 15 is 0 Å². The fourth-order valence-corrected chi connectivity index (χ4v) is 1.66. The summed E-state index contributed by atoms with van der Waals surface area (Å²) in [5, 5.41) is 7.74. The number of rotatable bonds is 6. The first-order chi connectivity index (χ1) is 7.19. The van der Waals surface area contributed by atoms with Gasteiger partial charge in [0.15, 0.2) is 5.82 Å². The van der Waals surface area contributed by atoms with Crippen molar-refractivity contribution in [1.82, 2.24) is 20.1 Å². The molecule has 0 amide bonds. The molecule has 1 aromatic rings. The molecular weight excluding hydrogens is 188 g/mol. The van der Waals surface area contributed by atoms with Gasteiger partial charge < -0.3 is 5.32 Å². The van der Waals surface area contributed by atoms with Crippen LogP contribution in [0.1, 0.15) is 44.8 Å². The first kappa shape index (κ1) is 12.2. The van der Waals surface area contributed by atoms with Gasteiger partial charge in [0, 0.05) is 25.9 Å². The van der Waals surface area contributed by atoms with Crippen LogP contribution in [0.2, 0.25) is 0 Å². The van der Waals surface area contributed by atoms with Crippen LogP contribution in [0, 0.1) is 0 Å². The Labute approximate surface area is 92.1 Å². The number of hydrogen-bond acceptors (Lipinski definition) is 3. The van der Waals surface area contributed by atoms with Gasteiger partial charge in [-0.3, -0.25) is 4.68 Å². The maximum Gasteiger partial charge on any atom is 0.150 e. The molecule has 0 saturated heterocycles. The van der Waals surface area contributed by atoms with Gasteiger partial charge in [-0.1, -0.05) is 20.8 Å². The number of likely N-dealkylation sites (N-methyl/N-ethyl adjacent to an activating group) is 1. The molecule has 4 heteroatoms. The smallest absolute Gasteiger partial charge is 0.150 e. The summed E-state index contributed by atoms with van der Waals surface area (Å²) in [6, 6.07) is 0. The monoisotopic (exact) mass is 210 g/mol. The van der Waals surface area contributed by atoms with E-state index in [-0.39, 0.29) is 0 Å². The van der Waals surface area contributed by atoms with Crippen molar-refractivity contribution in [1.29, 1.82) is 0 Å². The van der Waals surface area contributed by atoms with Crippen molar-refractivity contribution in [3.05, 3.63) is 11.6 Å². The highest BCUT2D eigenvalue weighted by Gasteiger charge is 2.13. The summed E-state index contributed by atoms with van der Waals surface area (Å²) in [5.41, 5.74) is 0. The normalized spacial score (nSPS) is 13.1. The topological polar surface area (TPSA) is 42.7 Å². The fourth-order valence-electron chi connectivity index (χ4n) is 1.66. The third kappa shape index (κ3) is 3.30. The molecule has 0 bridgehead atoms. The Morgan fingerprint density at radius 3 is 2.73 bits per heavy atom. The highest BCUT2D eigenvalue weighted by molar-refractivity contribution is 4.99. The van der Waals surface area contributed by atoms with Crippen LogP contribution in [0.3, 0.4) is 0 Å². The van der Waals surface area contributed by atoms with E-state index in [0.717, 1.165) is 37.6 Å². The minimum absolute atomic E-state index is 0.424. The lowest BCUT2D eigenvalue weighted by molar-refractivity contribution is 0.572. The van der Waals surface area contributed by atoms with Crippen molar-refractivity contribution in [2.75, 3.05) is 13.1 Å². The van der Waals surface area contributed by atoms with Crippen LogP contribution in [-0.2, 0) is 13.5 Å². The van der Waals surface area contributed by atoms with Gasteiger partial charge in [0.2, 0.25) is 0 Å². The van der Waals surface area contributed by atoms with E-state index < -0.39 is 0 Å². The predicted molar refractivity (Wildman–Crippen MR) is 62.0 cm³/mol. The van der Waals surface area contributed by atoms with Gasteiger partial charge in [0.25, 0.3) is 0 Å². The minimum atomic E-state index is 0.424. The van der Waals surface area contributed by atoms with Crippen LogP contribution in [0.4, 0.5) is 0 Å².